The van der Waals surface area contributed by atoms with Crippen LogP contribution in [0.5, 0.6) is 0 Å². The Labute approximate surface area is 108 Å². The van der Waals surface area contributed by atoms with E-state index in [1.807, 2.05) is 18.7 Å². The van der Waals surface area contributed by atoms with Gasteiger partial charge in [0.1, 0.15) is 6.04 Å². The maximum atomic E-state index is 11.8. The van der Waals surface area contributed by atoms with E-state index in [4.69, 9.17) is 9.47 Å². The van der Waals surface area contributed by atoms with Gasteiger partial charge in [-0.25, -0.2) is 0 Å². The number of hydrogen-bond donors (Lipinski definition) is 0. The Balaban J connectivity index is 2.59. The predicted molar refractivity (Wildman–Crippen MR) is 67.0 cm³/mol. The molecule has 1 saturated heterocycles. The zero-order valence-electron chi connectivity index (χ0n) is 11.5. The van der Waals surface area contributed by atoms with Crippen molar-refractivity contribution in [2.24, 2.45) is 5.92 Å². The molecule has 0 radical (unpaired) electrons. The van der Waals surface area contributed by atoms with E-state index in [2.05, 4.69) is 0 Å². The van der Waals surface area contributed by atoms with E-state index in [1.165, 1.54) is 7.11 Å². The van der Waals surface area contributed by atoms with E-state index in [1.54, 1.807) is 0 Å². The second-order valence-corrected chi connectivity index (χ2v) is 4.68. The molecule has 0 aromatic heterocycles. The molecule has 1 aliphatic heterocycles. The van der Waals surface area contributed by atoms with Gasteiger partial charge in [0.15, 0.2) is 0 Å². The molecule has 1 aliphatic rings. The second-order valence-electron chi connectivity index (χ2n) is 4.68. The van der Waals surface area contributed by atoms with Crippen LogP contribution in [0, 0.1) is 5.92 Å². The maximum absolute atomic E-state index is 11.8. The molecule has 0 aromatic rings. The fourth-order valence-electron chi connectivity index (χ4n) is 2.34. The molecular weight excluding hydrogens is 234 g/mol. The Morgan fingerprint density at radius 2 is 2.11 bits per heavy atom. The van der Waals surface area contributed by atoms with E-state index in [-0.39, 0.29) is 23.9 Å². The third-order valence-electron chi connectivity index (χ3n) is 3.28. The number of likely N-dealkylation sites (tertiary alicyclic amines) is 1. The van der Waals surface area contributed by atoms with Crippen LogP contribution in [0.2, 0.25) is 0 Å². The van der Waals surface area contributed by atoms with E-state index in [9.17, 15) is 9.59 Å². The molecule has 2 atom stereocenters. The maximum Gasteiger partial charge on any atom is 0.323 e. The van der Waals surface area contributed by atoms with E-state index in [0.29, 0.717) is 13.2 Å². The first kappa shape index (κ1) is 15.0. The Hall–Kier alpha value is -1.10. The highest BCUT2D eigenvalue weighted by molar-refractivity contribution is 5.76. The van der Waals surface area contributed by atoms with E-state index in [0.717, 1.165) is 25.8 Å². The van der Waals surface area contributed by atoms with Crippen molar-refractivity contribution < 1.29 is 19.1 Å². The molecule has 104 valence electrons. The Morgan fingerprint density at radius 1 is 1.39 bits per heavy atom. The molecule has 0 aliphatic carbocycles. The van der Waals surface area contributed by atoms with Crippen LogP contribution in [-0.4, -0.2) is 49.7 Å². The number of carbonyl (C=O) groups excluding carboxylic acids is 2. The summed E-state index contributed by atoms with van der Waals surface area (Å²) in [5.74, 6) is -0.623. The predicted octanol–water partition coefficient (Wildman–Crippen LogP) is 1.21. The number of esters is 2. The van der Waals surface area contributed by atoms with Crippen molar-refractivity contribution in [3.05, 3.63) is 0 Å². The van der Waals surface area contributed by atoms with Crippen LogP contribution in [0.1, 0.15) is 33.1 Å². The van der Waals surface area contributed by atoms with Crippen molar-refractivity contribution in [2.75, 3.05) is 26.8 Å². The van der Waals surface area contributed by atoms with Crippen LogP contribution >= 0.6 is 0 Å². The summed E-state index contributed by atoms with van der Waals surface area (Å²) in [5.41, 5.74) is 0. The summed E-state index contributed by atoms with van der Waals surface area (Å²) in [6.07, 6.45) is 2.91. The molecule has 18 heavy (non-hydrogen) atoms. The van der Waals surface area contributed by atoms with Gasteiger partial charge in [0.25, 0.3) is 0 Å². The summed E-state index contributed by atoms with van der Waals surface area (Å²) >= 11 is 0. The van der Waals surface area contributed by atoms with Gasteiger partial charge in [0, 0.05) is 6.54 Å². The number of carbonyl (C=O) groups is 2. The van der Waals surface area contributed by atoms with Crippen molar-refractivity contribution in [1.29, 1.82) is 0 Å². The van der Waals surface area contributed by atoms with Crippen molar-refractivity contribution >= 4 is 11.9 Å². The molecule has 1 fully saturated rings. The number of ether oxygens (including phenoxy) is 2. The van der Waals surface area contributed by atoms with Gasteiger partial charge < -0.3 is 9.47 Å². The van der Waals surface area contributed by atoms with Gasteiger partial charge in [-0.1, -0.05) is 13.3 Å². The fourth-order valence-corrected chi connectivity index (χ4v) is 2.34. The number of rotatable bonds is 5. The lowest BCUT2D eigenvalue weighted by atomic mass is 10.00. The topological polar surface area (TPSA) is 55.8 Å². The minimum Gasteiger partial charge on any atom is -0.469 e. The Bertz CT molecular complexity index is 293. The lowest BCUT2D eigenvalue weighted by molar-refractivity contribution is -0.153. The normalized spacial score (nSPS) is 22.3. The monoisotopic (exact) mass is 257 g/mol. The van der Waals surface area contributed by atoms with Crippen LogP contribution in [-0.2, 0) is 19.1 Å². The van der Waals surface area contributed by atoms with Gasteiger partial charge in [-0.05, 0) is 26.3 Å². The Morgan fingerprint density at radius 3 is 2.72 bits per heavy atom. The highest BCUT2D eigenvalue weighted by atomic mass is 16.5. The third-order valence-corrected chi connectivity index (χ3v) is 3.28. The molecule has 0 spiro atoms. The largest absolute Gasteiger partial charge is 0.469 e. The molecule has 0 aromatic carbocycles. The van der Waals surface area contributed by atoms with Crippen molar-refractivity contribution in [3.63, 3.8) is 0 Å². The van der Waals surface area contributed by atoms with Crippen molar-refractivity contribution in [3.8, 4) is 0 Å². The van der Waals surface area contributed by atoms with Gasteiger partial charge >= 0.3 is 11.9 Å². The number of piperidine rings is 1. The van der Waals surface area contributed by atoms with Crippen LogP contribution in [0.25, 0.3) is 0 Å². The average Bonchev–Trinajstić information content (AvgIpc) is 2.38. The van der Waals surface area contributed by atoms with Crippen molar-refractivity contribution in [1.82, 2.24) is 4.90 Å². The first-order chi connectivity index (χ1) is 8.60. The highest BCUT2D eigenvalue weighted by Crippen LogP contribution is 2.19. The lowest BCUT2D eigenvalue weighted by Gasteiger charge is -2.35. The quantitative estimate of drug-likeness (QED) is 0.693. The summed E-state index contributed by atoms with van der Waals surface area (Å²) in [7, 11) is 1.39. The summed E-state index contributed by atoms with van der Waals surface area (Å²) < 4.78 is 9.80. The van der Waals surface area contributed by atoms with Crippen LogP contribution in [0.4, 0.5) is 0 Å². The summed E-state index contributed by atoms with van der Waals surface area (Å²) in [5, 5.41) is 0. The molecular formula is C13H23NO4. The Kier molecular flexibility index (Phi) is 6.12. The summed E-state index contributed by atoms with van der Waals surface area (Å²) in [6.45, 7) is 5.42. The first-order valence-corrected chi connectivity index (χ1v) is 6.58. The van der Waals surface area contributed by atoms with E-state index < -0.39 is 0 Å². The molecule has 0 unspecified atom stereocenters. The van der Waals surface area contributed by atoms with E-state index >= 15 is 0 Å². The standard InChI is InChI=1S/C13H23NO4/c1-4-18-13(16)11-7-5-6-8-14(11)9-10(2)12(15)17-3/h10-11H,4-9H2,1-3H3/t10-,11+/m0/s1. The minimum absolute atomic E-state index is 0.172. The molecule has 1 heterocycles. The zero-order chi connectivity index (χ0) is 13.5. The van der Waals surface area contributed by atoms with Crippen LogP contribution < -0.4 is 0 Å². The van der Waals surface area contributed by atoms with Gasteiger partial charge in [-0.2, -0.15) is 0 Å². The highest BCUT2D eigenvalue weighted by Gasteiger charge is 2.31. The third kappa shape index (κ3) is 3.98. The van der Waals surface area contributed by atoms with Crippen LogP contribution in [0.15, 0.2) is 0 Å². The van der Waals surface area contributed by atoms with Crippen molar-refractivity contribution in [2.45, 2.75) is 39.2 Å². The number of methoxy groups -OCH3 is 1. The van der Waals surface area contributed by atoms with Crippen LogP contribution in [0.3, 0.4) is 0 Å². The number of hydrogen-bond acceptors (Lipinski definition) is 5. The van der Waals surface area contributed by atoms with Gasteiger partial charge in [-0.3, -0.25) is 14.5 Å². The summed E-state index contributed by atoms with van der Waals surface area (Å²) in [6, 6.07) is -0.203. The fraction of sp³-hybridized carbons (Fsp3) is 0.846. The van der Waals surface area contributed by atoms with Gasteiger partial charge in [-0.15, -0.1) is 0 Å². The molecule has 0 saturated carbocycles. The smallest absolute Gasteiger partial charge is 0.323 e. The SMILES string of the molecule is CCOC(=O)[C@H]1CCCCN1C[C@H](C)C(=O)OC. The minimum atomic E-state index is -0.233. The summed E-state index contributed by atoms with van der Waals surface area (Å²) in [4.78, 5) is 25.3. The molecule has 0 amide bonds. The average molecular weight is 257 g/mol. The first-order valence-electron chi connectivity index (χ1n) is 6.58. The molecule has 5 heteroatoms. The lowest BCUT2D eigenvalue weighted by Crippen LogP contribution is -2.48. The molecule has 5 nitrogen and oxygen atoms in total. The van der Waals surface area contributed by atoms with Gasteiger partial charge in [0.2, 0.25) is 0 Å². The van der Waals surface area contributed by atoms with Gasteiger partial charge in [0.05, 0.1) is 19.6 Å². The molecule has 0 N–H and O–H groups in total. The molecule has 1 rings (SSSR count). The second kappa shape index (κ2) is 7.36. The number of nitrogens with zero attached hydrogens (tertiary/aromatic N) is 1. The zero-order valence-corrected chi connectivity index (χ0v) is 11.5. The molecule has 0 bridgehead atoms.